The Morgan fingerprint density at radius 1 is 1.05 bits per heavy atom. The van der Waals surface area contributed by atoms with E-state index < -0.39 is 31.1 Å². The van der Waals surface area contributed by atoms with Crippen LogP contribution < -0.4 is 20.1 Å². The Bertz CT molecular complexity index is 524. The van der Waals surface area contributed by atoms with Crippen LogP contribution in [0.5, 0.6) is 11.5 Å². The summed E-state index contributed by atoms with van der Waals surface area (Å²) >= 11 is 0. The van der Waals surface area contributed by atoms with Crippen LogP contribution in [0.25, 0.3) is 0 Å². The van der Waals surface area contributed by atoms with Crippen molar-refractivity contribution in [2.45, 2.75) is 6.18 Å². The van der Waals surface area contributed by atoms with Crippen LogP contribution in [0, 0.1) is 0 Å². The fourth-order valence-corrected chi connectivity index (χ4v) is 1.46. The van der Waals surface area contributed by atoms with Crippen molar-refractivity contribution in [2.75, 3.05) is 27.3 Å². The Labute approximate surface area is 124 Å². The normalized spacial score (nSPS) is 10.8. The first-order valence-corrected chi connectivity index (χ1v) is 6.10. The van der Waals surface area contributed by atoms with Crippen molar-refractivity contribution >= 4 is 11.8 Å². The number of hydrogen-bond donors (Lipinski definition) is 2. The number of carbonyl (C=O) groups is 2. The molecule has 1 rings (SSSR count). The van der Waals surface area contributed by atoms with Crippen LogP contribution in [0.3, 0.4) is 0 Å². The maximum absolute atomic E-state index is 11.9. The summed E-state index contributed by atoms with van der Waals surface area (Å²) in [4.78, 5) is 23.1. The number of methoxy groups -OCH3 is 2. The molecule has 1 aromatic carbocycles. The van der Waals surface area contributed by atoms with Crippen LogP contribution in [0.1, 0.15) is 10.4 Å². The minimum absolute atomic E-state index is 0.153. The second kappa shape index (κ2) is 7.53. The van der Waals surface area contributed by atoms with E-state index in [9.17, 15) is 22.8 Å². The average molecular weight is 320 g/mol. The van der Waals surface area contributed by atoms with E-state index in [-0.39, 0.29) is 5.56 Å². The van der Waals surface area contributed by atoms with E-state index in [0.29, 0.717) is 11.5 Å². The van der Waals surface area contributed by atoms with Gasteiger partial charge in [-0.25, -0.2) is 0 Å². The topological polar surface area (TPSA) is 76.7 Å². The average Bonchev–Trinajstić information content (AvgIpc) is 2.49. The maximum Gasteiger partial charge on any atom is 0.405 e. The number of rotatable bonds is 6. The van der Waals surface area contributed by atoms with E-state index in [1.807, 2.05) is 0 Å². The lowest BCUT2D eigenvalue weighted by atomic mass is 10.2. The predicted octanol–water partition coefficient (Wildman–Crippen LogP) is 1.11. The zero-order valence-corrected chi connectivity index (χ0v) is 11.9. The lowest BCUT2D eigenvalue weighted by molar-refractivity contribution is -0.137. The lowest BCUT2D eigenvalue weighted by Gasteiger charge is -2.10. The van der Waals surface area contributed by atoms with Gasteiger partial charge in [0.15, 0.2) is 0 Å². The minimum Gasteiger partial charge on any atom is -0.497 e. The molecule has 0 atom stereocenters. The van der Waals surface area contributed by atoms with E-state index in [0.717, 1.165) is 0 Å². The summed E-state index contributed by atoms with van der Waals surface area (Å²) in [5.74, 6) is -0.850. The molecule has 2 N–H and O–H groups in total. The Morgan fingerprint density at radius 3 is 2.05 bits per heavy atom. The molecule has 0 fully saturated rings. The highest BCUT2D eigenvalue weighted by Crippen LogP contribution is 2.22. The second-order valence-electron chi connectivity index (χ2n) is 4.18. The fourth-order valence-electron chi connectivity index (χ4n) is 1.46. The van der Waals surface area contributed by atoms with Crippen LogP contribution in [-0.4, -0.2) is 45.3 Å². The summed E-state index contributed by atoms with van der Waals surface area (Å²) in [6.45, 7) is -2.02. The largest absolute Gasteiger partial charge is 0.497 e. The summed E-state index contributed by atoms with van der Waals surface area (Å²) < 4.78 is 45.7. The molecule has 122 valence electrons. The van der Waals surface area contributed by atoms with Crippen LogP contribution >= 0.6 is 0 Å². The van der Waals surface area contributed by atoms with Crippen molar-refractivity contribution in [1.29, 1.82) is 0 Å². The summed E-state index contributed by atoms with van der Waals surface area (Å²) in [5.41, 5.74) is 0.153. The summed E-state index contributed by atoms with van der Waals surface area (Å²) in [6, 6.07) is 4.36. The highest BCUT2D eigenvalue weighted by atomic mass is 19.4. The molecule has 6 nitrogen and oxygen atoms in total. The van der Waals surface area contributed by atoms with E-state index in [1.54, 1.807) is 11.4 Å². The number of ether oxygens (including phenoxy) is 2. The summed E-state index contributed by atoms with van der Waals surface area (Å²) in [5, 5.41) is 3.85. The van der Waals surface area contributed by atoms with Crippen molar-refractivity contribution in [3.05, 3.63) is 23.8 Å². The number of amides is 2. The number of nitrogens with one attached hydrogen (secondary N) is 2. The standard InChI is InChI=1S/C13H15F3N2O4/c1-21-9-3-8(4-10(5-9)22-2)12(20)17-6-11(19)18-7-13(14,15)16/h3-5H,6-7H2,1-2H3,(H,17,20)(H,18,19). The molecular formula is C13H15F3N2O4. The molecule has 0 bridgehead atoms. The first-order valence-electron chi connectivity index (χ1n) is 6.10. The minimum atomic E-state index is -4.50. The predicted molar refractivity (Wildman–Crippen MR) is 70.9 cm³/mol. The maximum atomic E-state index is 11.9. The third kappa shape index (κ3) is 5.90. The molecule has 0 aliphatic carbocycles. The number of carbonyl (C=O) groups excluding carboxylic acids is 2. The summed E-state index contributed by atoms with van der Waals surface area (Å²) in [7, 11) is 2.81. The van der Waals surface area contributed by atoms with E-state index in [1.165, 1.54) is 26.4 Å². The number of hydrogen-bond acceptors (Lipinski definition) is 4. The molecule has 0 saturated heterocycles. The zero-order chi connectivity index (χ0) is 16.8. The molecule has 1 aromatic rings. The number of alkyl halides is 3. The molecule has 9 heteroatoms. The van der Waals surface area contributed by atoms with Gasteiger partial charge in [0.25, 0.3) is 5.91 Å². The number of halogens is 3. The molecule has 2 amide bonds. The molecule has 0 heterocycles. The van der Waals surface area contributed by atoms with Gasteiger partial charge in [0.2, 0.25) is 5.91 Å². The molecule has 0 spiro atoms. The van der Waals surface area contributed by atoms with Gasteiger partial charge >= 0.3 is 6.18 Å². The zero-order valence-electron chi connectivity index (χ0n) is 11.9. The Morgan fingerprint density at radius 2 is 1.59 bits per heavy atom. The first kappa shape index (κ1) is 17.6. The quantitative estimate of drug-likeness (QED) is 0.823. The molecule has 0 radical (unpaired) electrons. The highest BCUT2D eigenvalue weighted by Gasteiger charge is 2.27. The van der Waals surface area contributed by atoms with Crippen molar-refractivity contribution < 1.29 is 32.2 Å². The molecule has 0 aliphatic heterocycles. The monoisotopic (exact) mass is 320 g/mol. The third-order valence-electron chi connectivity index (χ3n) is 2.51. The summed E-state index contributed by atoms with van der Waals surface area (Å²) in [6.07, 6.45) is -4.50. The van der Waals surface area contributed by atoms with Crippen LogP contribution in [0.15, 0.2) is 18.2 Å². The van der Waals surface area contributed by atoms with Gasteiger partial charge in [-0.15, -0.1) is 0 Å². The first-order chi connectivity index (χ1) is 10.2. The van der Waals surface area contributed by atoms with Crippen LogP contribution in [0.4, 0.5) is 13.2 Å². The SMILES string of the molecule is COc1cc(OC)cc(C(=O)NCC(=O)NCC(F)(F)F)c1. The van der Waals surface area contributed by atoms with Gasteiger partial charge in [-0.2, -0.15) is 13.2 Å². The molecule has 0 aromatic heterocycles. The van der Waals surface area contributed by atoms with Crippen LogP contribution in [-0.2, 0) is 4.79 Å². The van der Waals surface area contributed by atoms with Crippen molar-refractivity contribution in [2.24, 2.45) is 0 Å². The van der Waals surface area contributed by atoms with Crippen molar-refractivity contribution in [3.63, 3.8) is 0 Å². The molecule has 0 aliphatic rings. The van der Waals surface area contributed by atoms with E-state index in [2.05, 4.69) is 5.32 Å². The van der Waals surface area contributed by atoms with Gasteiger partial charge in [0, 0.05) is 11.6 Å². The fraction of sp³-hybridized carbons (Fsp3) is 0.385. The van der Waals surface area contributed by atoms with E-state index >= 15 is 0 Å². The Hall–Kier alpha value is -2.45. The lowest BCUT2D eigenvalue weighted by Crippen LogP contribution is -2.40. The number of benzene rings is 1. The smallest absolute Gasteiger partial charge is 0.405 e. The molecule has 22 heavy (non-hydrogen) atoms. The third-order valence-corrected chi connectivity index (χ3v) is 2.51. The van der Waals surface area contributed by atoms with Gasteiger partial charge in [-0.3, -0.25) is 9.59 Å². The Balaban J connectivity index is 2.60. The van der Waals surface area contributed by atoms with Gasteiger partial charge in [-0.05, 0) is 12.1 Å². The Kier molecular flexibility index (Phi) is 6.02. The van der Waals surface area contributed by atoms with Gasteiger partial charge in [-0.1, -0.05) is 0 Å². The van der Waals surface area contributed by atoms with Crippen molar-refractivity contribution in [3.8, 4) is 11.5 Å². The highest BCUT2D eigenvalue weighted by molar-refractivity contribution is 5.97. The van der Waals surface area contributed by atoms with Gasteiger partial charge < -0.3 is 20.1 Å². The second-order valence-corrected chi connectivity index (χ2v) is 4.18. The van der Waals surface area contributed by atoms with Crippen LogP contribution in [0.2, 0.25) is 0 Å². The molecule has 0 unspecified atom stereocenters. The molecular weight excluding hydrogens is 305 g/mol. The van der Waals surface area contributed by atoms with Gasteiger partial charge in [0.05, 0.1) is 20.8 Å². The van der Waals surface area contributed by atoms with Gasteiger partial charge in [0.1, 0.15) is 18.0 Å². The van der Waals surface area contributed by atoms with Crippen molar-refractivity contribution in [1.82, 2.24) is 10.6 Å². The molecule has 0 saturated carbocycles. The van der Waals surface area contributed by atoms with E-state index in [4.69, 9.17) is 9.47 Å².